The van der Waals surface area contributed by atoms with Gasteiger partial charge in [0.1, 0.15) is 10.7 Å². The zero-order valence-corrected chi connectivity index (χ0v) is 9.61. The molecule has 0 bridgehead atoms. The number of nitrogens with zero attached hydrogens (tertiary/aromatic N) is 2. The first kappa shape index (κ1) is 9.59. The predicted octanol–water partition coefficient (Wildman–Crippen LogP) is 3.12. The molecule has 0 aliphatic carbocycles. The zero-order chi connectivity index (χ0) is 10.1. The van der Waals surface area contributed by atoms with Gasteiger partial charge in [-0.2, -0.15) is 0 Å². The Morgan fingerprint density at radius 1 is 1.29 bits per heavy atom. The lowest BCUT2D eigenvalue weighted by Crippen LogP contribution is -1.87. The van der Waals surface area contributed by atoms with E-state index in [-0.39, 0.29) is 0 Å². The fourth-order valence-corrected chi connectivity index (χ4v) is 2.95. The van der Waals surface area contributed by atoms with Crippen LogP contribution in [-0.2, 0) is 12.8 Å². The zero-order valence-electron chi connectivity index (χ0n) is 8.79. The van der Waals surface area contributed by atoms with Gasteiger partial charge in [-0.25, -0.2) is 9.97 Å². The Bertz CT molecular complexity index is 460. The summed E-state index contributed by atoms with van der Waals surface area (Å²) >= 11 is 1.81. The van der Waals surface area contributed by atoms with Crippen molar-refractivity contribution in [3.8, 4) is 0 Å². The first-order valence-corrected chi connectivity index (χ1v) is 5.81. The molecule has 0 fully saturated rings. The third-order valence-corrected chi connectivity index (χ3v) is 3.72. The molecule has 2 aromatic heterocycles. The summed E-state index contributed by atoms with van der Waals surface area (Å²) in [5.74, 6) is 0.865. The molecule has 0 aliphatic heterocycles. The van der Waals surface area contributed by atoms with E-state index in [2.05, 4.69) is 23.8 Å². The molecule has 0 N–H and O–H groups in total. The number of fused-ring (bicyclic) bond motifs is 1. The van der Waals surface area contributed by atoms with Crippen LogP contribution < -0.4 is 0 Å². The van der Waals surface area contributed by atoms with Crippen molar-refractivity contribution < 1.29 is 0 Å². The van der Waals surface area contributed by atoms with Gasteiger partial charge >= 0.3 is 0 Å². The second-order valence-electron chi connectivity index (χ2n) is 3.35. The van der Waals surface area contributed by atoms with Crippen LogP contribution in [0.15, 0.2) is 6.20 Å². The SMILES string of the molecule is CCc1sc2nc(C)ncc2c1CC. The van der Waals surface area contributed by atoms with Crippen molar-refractivity contribution in [2.75, 3.05) is 0 Å². The van der Waals surface area contributed by atoms with Crippen molar-refractivity contribution in [2.24, 2.45) is 0 Å². The Morgan fingerprint density at radius 2 is 2.07 bits per heavy atom. The lowest BCUT2D eigenvalue weighted by atomic mass is 10.1. The fourth-order valence-electron chi connectivity index (χ4n) is 1.74. The van der Waals surface area contributed by atoms with Crippen LogP contribution in [-0.4, -0.2) is 9.97 Å². The Labute approximate surface area is 88.0 Å². The molecule has 0 unspecified atom stereocenters. The van der Waals surface area contributed by atoms with Gasteiger partial charge in [-0.1, -0.05) is 13.8 Å². The maximum Gasteiger partial charge on any atom is 0.127 e. The summed E-state index contributed by atoms with van der Waals surface area (Å²) in [5, 5.41) is 1.25. The molecule has 14 heavy (non-hydrogen) atoms. The Kier molecular flexibility index (Phi) is 2.50. The molecule has 0 saturated heterocycles. The molecule has 2 nitrogen and oxygen atoms in total. The standard InChI is InChI=1S/C11H14N2S/c1-4-8-9-6-12-7(3)13-11(9)14-10(8)5-2/h6H,4-5H2,1-3H3. The van der Waals surface area contributed by atoms with Crippen molar-refractivity contribution in [3.63, 3.8) is 0 Å². The molecule has 0 atom stereocenters. The number of hydrogen-bond acceptors (Lipinski definition) is 3. The molecule has 0 radical (unpaired) electrons. The number of aromatic nitrogens is 2. The van der Waals surface area contributed by atoms with Gasteiger partial charge in [0.15, 0.2) is 0 Å². The summed E-state index contributed by atoms with van der Waals surface area (Å²) in [6, 6.07) is 0. The molecule has 2 heterocycles. The monoisotopic (exact) mass is 206 g/mol. The van der Waals surface area contributed by atoms with Crippen LogP contribution in [0.3, 0.4) is 0 Å². The summed E-state index contributed by atoms with van der Waals surface area (Å²) in [6.07, 6.45) is 4.14. The van der Waals surface area contributed by atoms with Gasteiger partial charge in [0.25, 0.3) is 0 Å². The summed E-state index contributed by atoms with van der Waals surface area (Å²) < 4.78 is 0. The highest BCUT2D eigenvalue weighted by Gasteiger charge is 2.10. The van der Waals surface area contributed by atoms with Gasteiger partial charge in [0.05, 0.1) is 0 Å². The molecule has 0 saturated carbocycles. The molecule has 0 aliphatic rings. The van der Waals surface area contributed by atoms with Gasteiger partial charge in [0, 0.05) is 16.5 Å². The van der Waals surface area contributed by atoms with E-state index in [0.29, 0.717) is 0 Å². The van der Waals surface area contributed by atoms with Crippen LogP contribution in [0.4, 0.5) is 0 Å². The highest BCUT2D eigenvalue weighted by molar-refractivity contribution is 7.18. The van der Waals surface area contributed by atoms with E-state index in [9.17, 15) is 0 Å². The molecular formula is C11H14N2S. The maximum absolute atomic E-state index is 4.46. The van der Waals surface area contributed by atoms with Crippen LogP contribution in [0.2, 0.25) is 0 Å². The van der Waals surface area contributed by atoms with E-state index in [4.69, 9.17) is 0 Å². The molecule has 2 aromatic rings. The molecule has 74 valence electrons. The van der Waals surface area contributed by atoms with Crippen molar-refractivity contribution in [1.82, 2.24) is 9.97 Å². The lowest BCUT2D eigenvalue weighted by molar-refractivity contribution is 1.07. The minimum atomic E-state index is 0.865. The van der Waals surface area contributed by atoms with E-state index < -0.39 is 0 Å². The molecule has 3 heteroatoms. The van der Waals surface area contributed by atoms with Crippen molar-refractivity contribution in [3.05, 3.63) is 22.5 Å². The number of hydrogen-bond donors (Lipinski definition) is 0. The molecule has 2 rings (SSSR count). The third-order valence-electron chi connectivity index (χ3n) is 2.43. The first-order chi connectivity index (χ1) is 6.76. The largest absolute Gasteiger partial charge is 0.241 e. The van der Waals surface area contributed by atoms with Crippen LogP contribution in [0.25, 0.3) is 10.2 Å². The highest BCUT2D eigenvalue weighted by atomic mass is 32.1. The van der Waals surface area contributed by atoms with E-state index >= 15 is 0 Å². The number of aryl methyl sites for hydroxylation is 3. The smallest absolute Gasteiger partial charge is 0.127 e. The van der Waals surface area contributed by atoms with Gasteiger partial charge < -0.3 is 0 Å². The normalized spacial score (nSPS) is 11.1. The average molecular weight is 206 g/mol. The number of rotatable bonds is 2. The quantitative estimate of drug-likeness (QED) is 0.754. The number of thiophene rings is 1. The Hall–Kier alpha value is -0.960. The summed E-state index contributed by atoms with van der Waals surface area (Å²) in [6.45, 7) is 6.33. The van der Waals surface area contributed by atoms with E-state index in [1.54, 1.807) is 0 Å². The summed E-state index contributed by atoms with van der Waals surface area (Å²) in [7, 11) is 0. The fraction of sp³-hybridized carbons (Fsp3) is 0.455. The van der Waals surface area contributed by atoms with Gasteiger partial charge in [-0.05, 0) is 25.3 Å². The molecular weight excluding hydrogens is 192 g/mol. The predicted molar refractivity (Wildman–Crippen MR) is 60.9 cm³/mol. The second kappa shape index (κ2) is 3.65. The minimum absolute atomic E-state index is 0.865. The topological polar surface area (TPSA) is 25.8 Å². The molecule has 0 aromatic carbocycles. The highest BCUT2D eigenvalue weighted by Crippen LogP contribution is 2.30. The van der Waals surface area contributed by atoms with E-state index in [0.717, 1.165) is 23.5 Å². The minimum Gasteiger partial charge on any atom is -0.241 e. The summed E-state index contributed by atoms with van der Waals surface area (Å²) in [5.41, 5.74) is 1.44. The first-order valence-electron chi connectivity index (χ1n) is 5.00. The molecule has 0 amide bonds. The average Bonchev–Trinajstić information content (AvgIpc) is 2.54. The van der Waals surface area contributed by atoms with Crippen LogP contribution in [0.5, 0.6) is 0 Å². The van der Waals surface area contributed by atoms with Crippen molar-refractivity contribution in [2.45, 2.75) is 33.6 Å². The van der Waals surface area contributed by atoms with Crippen LogP contribution >= 0.6 is 11.3 Å². The van der Waals surface area contributed by atoms with Crippen molar-refractivity contribution >= 4 is 21.6 Å². The third kappa shape index (κ3) is 1.42. The maximum atomic E-state index is 4.46. The Morgan fingerprint density at radius 3 is 2.71 bits per heavy atom. The Balaban J connectivity index is 2.73. The van der Waals surface area contributed by atoms with Gasteiger partial charge in [0.2, 0.25) is 0 Å². The van der Waals surface area contributed by atoms with E-state index in [1.807, 2.05) is 24.5 Å². The lowest BCUT2D eigenvalue weighted by Gasteiger charge is -1.96. The van der Waals surface area contributed by atoms with Crippen molar-refractivity contribution in [1.29, 1.82) is 0 Å². The second-order valence-corrected chi connectivity index (χ2v) is 4.43. The van der Waals surface area contributed by atoms with Gasteiger partial charge in [-0.3, -0.25) is 0 Å². The van der Waals surface area contributed by atoms with E-state index in [1.165, 1.54) is 15.8 Å². The summed E-state index contributed by atoms with van der Waals surface area (Å²) in [4.78, 5) is 11.3. The van der Waals surface area contributed by atoms with Gasteiger partial charge in [-0.15, -0.1) is 11.3 Å². The van der Waals surface area contributed by atoms with Crippen LogP contribution in [0, 0.1) is 6.92 Å². The molecule has 0 spiro atoms. The van der Waals surface area contributed by atoms with Crippen LogP contribution in [0.1, 0.15) is 30.1 Å².